The summed E-state index contributed by atoms with van der Waals surface area (Å²) in [6.07, 6.45) is 3.14. The number of aliphatic hydroxyl groups is 1. The number of anilines is 1. The van der Waals surface area contributed by atoms with Crippen LogP contribution in [0.4, 0.5) is 6.01 Å². The quantitative estimate of drug-likeness (QED) is 0.726. The Balaban J connectivity index is 2.51. The molecule has 0 aliphatic heterocycles. The van der Waals surface area contributed by atoms with E-state index in [0.717, 1.165) is 0 Å². The van der Waals surface area contributed by atoms with Crippen molar-refractivity contribution < 1.29 is 19.1 Å². The van der Waals surface area contributed by atoms with Gasteiger partial charge in [0.25, 0.3) is 6.01 Å². The average Bonchev–Trinajstić information content (AvgIpc) is 2.75. The zero-order valence-electron chi connectivity index (χ0n) is 10.7. The molecule has 0 aliphatic carbocycles. The minimum absolute atomic E-state index is 0.115. The third kappa shape index (κ3) is 4.58. The number of oxazole rings is 1. The van der Waals surface area contributed by atoms with E-state index in [0.29, 0.717) is 5.75 Å². The Morgan fingerprint density at radius 2 is 2.44 bits per heavy atom. The normalized spacial score (nSPS) is 14.0. The van der Waals surface area contributed by atoms with E-state index >= 15 is 0 Å². The van der Waals surface area contributed by atoms with Crippen LogP contribution >= 0.6 is 11.8 Å². The zero-order valence-corrected chi connectivity index (χ0v) is 11.5. The van der Waals surface area contributed by atoms with Crippen molar-refractivity contribution in [1.82, 2.24) is 4.98 Å². The summed E-state index contributed by atoms with van der Waals surface area (Å²) in [6.45, 7) is 4.01. The molecule has 0 saturated heterocycles. The topological polar surface area (TPSA) is 84.6 Å². The number of esters is 1. The number of rotatable bonds is 7. The van der Waals surface area contributed by atoms with Gasteiger partial charge in [-0.1, -0.05) is 0 Å². The van der Waals surface area contributed by atoms with Crippen LogP contribution in [0, 0.1) is 0 Å². The largest absolute Gasteiger partial charge is 0.461 e. The summed E-state index contributed by atoms with van der Waals surface area (Å²) in [4.78, 5) is 15.3. The summed E-state index contributed by atoms with van der Waals surface area (Å²) >= 11 is 1.55. The van der Waals surface area contributed by atoms with E-state index in [1.807, 2.05) is 6.26 Å². The maximum atomic E-state index is 11.3. The molecule has 102 valence electrons. The van der Waals surface area contributed by atoms with E-state index in [9.17, 15) is 9.90 Å². The smallest absolute Gasteiger partial charge is 0.360 e. The molecular weight excluding hydrogens is 256 g/mol. The van der Waals surface area contributed by atoms with Crippen molar-refractivity contribution in [2.75, 3.05) is 30.5 Å². The first-order chi connectivity index (χ1) is 8.48. The molecule has 18 heavy (non-hydrogen) atoms. The lowest BCUT2D eigenvalue weighted by molar-refractivity contribution is 0.0519. The van der Waals surface area contributed by atoms with Gasteiger partial charge in [-0.3, -0.25) is 0 Å². The highest BCUT2D eigenvalue weighted by atomic mass is 32.2. The Bertz CT molecular complexity index is 392. The van der Waals surface area contributed by atoms with Crippen LogP contribution in [-0.2, 0) is 4.74 Å². The summed E-state index contributed by atoms with van der Waals surface area (Å²) in [7, 11) is 0. The number of thioether (sulfide) groups is 1. The molecule has 6 nitrogen and oxygen atoms in total. The van der Waals surface area contributed by atoms with Gasteiger partial charge in [0.1, 0.15) is 6.26 Å². The van der Waals surface area contributed by atoms with Crippen molar-refractivity contribution in [3.8, 4) is 0 Å². The number of ether oxygens (including phenoxy) is 1. The van der Waals surface area contributed by atoms with Crippen LogP contribution < -0.4 is 5.32 Å². The monoisotopic (exact) mass is 274 g/mol. The number of hydrogen-bond acceptors (Lipinski definition) is 7. The summed E-state index contributed by atoms with van der Waals surface area (Å²) < 4.78 is 9.85. The van der Waals surface area contributed by atoms with E-state index in [4.69, 9.17) is 9.15 Å². The lowest BCUT2D eigenvalue weighted by Gasteiger charge is -2.21. The van der Waals surface area contributed by atoms with Gasteiger partial charge in [0.2, 0.25) is 0 Å². The predicted octanol–water partition coefficient (Wildman–Crippen LogP) is 1.38. The van der Waals surface area contributed by atoms with Crippen LogP contribution in [0.25, 0.3) is 0 Å². The van der Waals surface area contributed by atoms with Crippen LogP contribution in [0.5, 0.6) is 0 Å². The van der Waals surface area contributed by atoms with Gasteiger partial charge in [-0.05, 0) is 20.1 Å². The molecule has 0 fully saturated rings. The molecule has 2 N–H and O–H groups in total. The Hall–Kier alpha value is -1.21. The first-order valence-corrected chi connectivity index (χ1v) is 6.95. The Morgan fingerprint density at radius 3 is 3.06 bits per heavy atom. The van der Waals surface area contributed by atoms with Gasteiger partial charge in [0.15, 0.2) is 5.69 Å². The molecule has 0 spiro atoms. The van der Waals surface area contributed by atoms with Gasteiger partial charge in [-0.25, -0.2) is 4.79 Å². The second-order valence-corrected chi connectivity index (χ2v) is 4.91. The average molecular weight is 274 g/mol. The predicted molar refractivity (Wildman–Crippen MR) is 70.0 cm³/mol. The summed E-state index contributed by atoms with van der Waals surface area (Å²) in [5, 5.41) is 12.8. The minimum atomic E-state index is -0.863. The highest BCUT2D eigenvalue weighted by Gasteiger charge is 2.21. The second kappa shape index (κ2) is 6.65. The third-order valence-electron chi connectivity index (χ3n) is 2.06. The molecule has 0 radical (unpaired) electrons. The fourth-order valence-electron chi connectivity index (χ4n) is 1.28. The molecule has 1 heterocycles. The maximum absolute atomic E-state index is 11.3. The van der Waals surface area contributed by atoms with Gasteiger partial charge in [0, 0.05) is 12.3 Å². The molecule has 1 rings (SSSR count). The number of aromatic nitrogens is 1. The van der Waals surface area contributed by atoms with Gasteiger partial charge >= 0.3 is 5.97 Å². The molecule has 0 saturated carbocycles. The van der Waals surface area contributed by atoms with E-state index in [1.165, 1.54) is 6.26 Å². The first kappa shape index (κ1) is 14.8. The number of hydrogen-bond donors (Lipinski definition) is 2. The van der Waals surface area contributed by atoms with E-state index in [-0.39, 0.29) is 24.9 Å². The Morgan fingerprint density at radius 1 is 1.72 bits per heavy atom. The third-order valence-corrected chi connectivity index (χ3v) is 2.98. The summed E-state index contributed by atoms with van der Waals surface area (Å²) in [6, 6.07) is 0.194. The van der Waals surface area contributed by atoms with Crippen molar-refractivity contribution in [3.05, 3.63) is 12.0 Å². The second-order valence-electron chi connectivity index (χ2n) is 4.04. The molecule has 7 heteroatoms. The van der Waals surface area contributed by atoms with Gasteiger partial charge < -0.3 is 19.6 Å². The van der Waals surface area contributed by atoms with Crippen molar-refractivity contribution in [2.24, 2.45) is 0 Å². The molecule has 1 unspecified atom stereocenters. The minimum Gasteiger partial charge on any atom is -0.461 e. The SMILES string of the molecule is CCOC(=O)c1coc(NCC(C)(O)CSC)n1. The molecule has 0 aliphatic rings. The fraction of sp³-hybridized carbons (Fsp3) is 0.636. The van der Waals surface area contributed by atoms with Crippen LogP contribution in [-0.4, -0.2) is 46.8 Å². The fourth-order valence-corrected chi connectivity index (χ4v) is 2.01. The molecule has 1 aromatic heterocycles. The first-order valence-electron chi connectivity index (χ1n) is 5.56. The number of nitrogens with zero attached hydrogens (tertiary/aromatic N) is 1. The van der Waals surface area contributed by atoms with E-state index in [1.54, 1.807) is 25.6 Å². The Kier molecular flexibility index (Phi) is 5.49. The molecule has 1 aromatic rings. The lowest BCUT2D eigenvalue weighted by atomic mass is 10.1. The highest BCUT2D eigenvalue weighted by Crippen LogP contribution is 2.13. The zero-order chi connectivity index (χ0) is 13.6. The van der Waals surface area contributed by atoms with Crippen LogP contribution in [0.15, 0.2) is 10.7 Å². The van der Waals surface area contributed by atoms with Gasteiger partial charge in [-0.15, -0.1) is 0 Å². The summed E-state index contributed by atoms with van der Waals surface area (Å²) in [5.74, 6) is 0.0657. The van der Waals surface area contributed by atoms with Crippen molar-refractivity contribution >= 4 is 23.7 Å². The molecule has 0 amide bonds. The molecular formula is C11H18N2O4S. The van der Waals surface area contributed by atoms with Crippen LogP contribution in [0.2, 0.25) is 0 Å². The van der Waals surface area contributed by atoms with Gasteiger partial charge in [-0.2, -0.15) is 16.7 Å². The number of nitrogens with one attached hydrogen (secondary N) is 1. The van der Waals surface area contributed by atoms with Crippen molar-refractivity contribution in [1.29, 1.82) is 0 Å². The van der Waals surface area contributed by atoms with Crippen LogP contribution in [0.3, 0.4) is 0 Å². The molecule has 0 aromatic carbocycles. The summed E-state index contributed by atoms with van der Waals surface area (Å²) in [5.41, 5.74) is -0.748. The van der Waals surface area contributed by atoms with E-state index in [2.05, 4.69) is 10.3 Å². The molecule has 0 bridgehead atoms. The number of carbonyl (C=O) groups excluding carboxylic acids is 1. The van der Waals surface area contributed by atoms with Crippen molar-refractivity contribution in [2.45, 2.75) is 19.4 Å². The Labute approximate surface area is 110 Å². The number of carbonyl (C=O) groups is 1. The maximum Gasteiger partial charge on any atom is 0.360 e. The van der Waals surface area contributed by atoms with Gasteiger partial charge in [0.05, 0.1) is 12.2 Å². The van der Waals surface area contributed by atoms with Crippen LogP contribution in [0.1, 0.15) is 24.3 Å². The lowest BCUT2D eigenvalue weighted by Crippen LogP contribution is -2.36. The van der Waals surface area contributed by atoms with Crippen molar-refractivity contribution in [3.63, 3.8) is 0 Å². The standard InChI is InChI=1S/C11H18N2O4S/c1-4-16-9(14)8-5-17-10(13-8)12-6-11(2,15)7-18-3/h5,15H,4,6-7H2,1-3H3,(H,12,13). The van der Waals surface area contributed by atoms with E-state index < -0.39 is 11.6 Å². The molecule has 1 atom stereocenters. The highest BCUT2D eigenvalue weighted by molar-refractivity contribution is 7.98.